The van der Waals surface area contributed by atoms with Crippen molar-refractivity contribution in [3.63, 3.8) is 0 Å². The topological polar surface area (TPSA) is 89.2 Å². The molecule has 2 heterocycles. The maximum Gasteiger partial charge on any atom is 0.323 e. The summed E-state index contributed by atoms with van der Waals surface area (Å²) in [7, 11) is 2.16. The fraction of sp³-hybridized carbons (Fsp3) is 0.786. The van der Waals surface area contributed by atoms with E-state index in [4.69, 9.17) is 10.5 Å². The zero-order valence-corrected chi connectivity index (χ0v) is 13.2. The standard InChI is InChI=1S/C14H26N6O/c1-4-9-21-13-18-11(15)17-12(19-13)16-10-14(2)5-7-20(3)8-6-14/h4-10H2,1-3H3,(H3,15,16,17,18,19). The number of piperidine rings is 1. The van der Waals surface area contributed by atoms with Crippen LogP contribution in [0.15, 0.2) is 0 Å². The Balaban J connectivity index is 1.94. The molecular weight excluding hydrogens is 268 g/mol. The quantitative estimate of drug-likeness (QED) is 0.819. The van der Waals surface area contributed by atoms with Crippen molar-refractivity contribution in [1.82, 2.24) is 19.9 Å². The van der Waals surface area contributed by atoms with E-state index in [1.165, 1.54) is 0 Å². The fourth-order valence-corrected chi connectivity index (χ4v) is 2.34. The molecule has 1 aromatic rings. The van der Waals surface area contributed by atoms with Crippen LogP contribution in [0.2, 0.25) is 0 Å². The molecule has 1 aliphatic heterocycles. The van der Waals surface area contributed by atoms with Crippen LogP contribution in [0.3, 0.4) is 0 Å². The van der Waals surface area contributed by atoms with Crippen molar-refractivity contribution in [1.29, 1.82) is 0 Å². The maximum atomic E-state index is 5.70. The van der Waals surface area contributed by atoms with Gasteiger partial charge in [-0.2, -0.15) is 15.0 Å². The van der Waals surface area contributed by atoms with Gasteiger partial charge in [-0.15, -0.1) is 0 Å². The highest BCUT2D eigenvalue weighted by molar-refractivity contribution is 5.32. The van der Waals surface area contributed by atoms with E-state index in [9.17, 15) is 0 Å². The predicted octanol–water partition coefficient (Wildman–Crippen LogP) is 1.39. The molecule has 0 bridgehead atoms. The van der Waals surface area contributed by atoms with E-state index in [1.54, 1.807) is 0 Å². The molecule has 0 unspecified atom stereocenters. The highest BCUT2D eigenvalue weighted by Gasteiger charge is 2.28. The van der Waals surface area contributed by atoms with Crippen molar-refractivity contribution in [2.45, 2.75) is 33.1 Å². The Bertz CT molecular complexity index is 459. The Morgan fingerprint density at radius 1 is 1.29 bits per heavy atom. The second-order valence-corrected chi connectivity index (χ2v) is 6.12. The lowest BCUT2D eigenvalue weighted by Gasteiger charge is -2.37. The number of rotatable bonds is 6. The van der Waals surface area contributed by atoms with Crippen LogP contribution in [-0.4, -0.2) is 53.1 Å². The van der Waals surface area contributed by atoms with E-state index in [0.29, 0.717) is 18.6 Å². The van der Waals surface area contributed by atoms with Crippen molar-refractivity contribution in [2.75, 3.05) is 44.3 Å². The highest BCUT2D eigenvalue weighted by Crippen LogP contribution is 2.30. The second-order valence-electron chi connectivity index (χ2n) is 6.12. The first-order valence-corrected chi connectivity index (χ1v) is 7.57. The molecule has 0 spiro atoms. The van der Waals surface area contributed by atoms with Crippen LogP contribution in [0.4, 0.5) is 11.9 Å². The summed E-state index contributed by atoms with van der Waals surface area (Å²) in [6, 6.07) is 0.292. The summed E-state index contributed by atoms with van der Waals surface area (Å²) in [5.74, 6) is 0.681. The molecule has 7 nitrogen and oxygen atoms in total. The van der Waals surface area contributed by atoms with E-state index in [1.807, 2.05) is 6.92 Å². The number of aromatic nitrogens is 3. The zero-order valence-electron chi connectivity index (χ0n) is 13.2. The van der Waals surface area contributed by atoms with E-state index in [-0.39, 0.29) is 11.4 Å². The molecule has 0 aliphatic carbocycles. The number of hydrogen-bond acceptors (Lipinski definition) is 7. The summed E-state index contributed by atoms with van der Waals surface area (Å²) in [5.41, 5.74) is 5.96. The van der Waals surface area contributed by atoms with Gasteiger partial charge in [0.05, 0.1) is 6.61 Å². The summed E-state index contributed by atoms with van der Waals surface area (Å²) in [5, 5.41) is 3.29. The molecule has 1 aliphatic rings. The smallest absolute Gasteiger partial charge is 0.323 e. The molecule has 0 saturated carbocycles. The molecule has 1 saturated heterocycles. The third-order valence-electron chi connectivity index (χ3n) is 3.93. The molecule has 118 valence electrons. The summed E-state index contributed by atoms with van der Waals surface area (Å²) >= 11 is 0. The molecule has 1 aromatic heterocycles. The van der Waals surface area contributed by atoms with E-state index >= 15 is 0 Å². The number of ether oxygens (including phenoxy) is 1. The summed E-state index contributed by atoms with van der Waals surface area (Å²) in [6.07, 6.45) is 3.23. The van der Waals surface area contributed by atoms with Gasteiger partial charge in [-0.25, -0.2) is 0 Å². The molecule has 1 fully saturated rings. The van der Waals surface area contributed by atoms with E-state index < -0.39 is 0 Å². The molecule has 0 amide bonds. The number of nitrogens with zero attached hydrogens (tertiary/aromatic N) is 4. The van der Waals surface area contributed by atoms with Gasteiger partial charge < -0.3 is 20.7 Å². The Morgan fingerprint density at radius 2 is 2.00 bits per heavy atom. The first-order chi connectivity index (χ1) is 10.0. The SMILES string of the molecule is CCCOc1nc(N)nc(NCC2(C)CCN(C)CC2)n1. The second kappa shape index (κ2) is 6.89. The number of nitrogen functional groups attached to an aromatic ring is 1. The van der Waals surface area contributed by atoms with Crippen molar-refractivity contribution in [2.24, 2.45) is 5.41 Å². The van der Waals surface area contributed by atoms with Gasteiger partial charge in [-0.1, -0.05) is 13.8 Å². The zero-order chi connectivity index (χ0) is 15.3. The van der Waals surface area contributed by atoms with Crippen molar-refractivity contribution in [3.8, 4) is 6.01 Å². The summed E-state index contributed by atoms with van der Waals surface area (Å²) in [6.45, 7) is 7.99. The predicted molar refractivity (Wildman–Crippen MR) is 83.4 cm³/mol. The monoisotopic (exact) mass is 294 g/mol. The van der Waals surface area contributed by atoms with Gasteiger partial charge in [0.2, 0.25) is 11.9 Å². The van der Waals surface area contributed by atoms with Crippen LogP contribution in [-0.2, 0) is 0 Å². The lowest BCUT2D eigenvalue weighted by Crippen LogP contribution is -2.40. The lowest BCUT2D eigenvalue weighted by molar-refractivity contribution is 0.150. The van der Waals surface area contributed by atoms with Crippen LogP contribution in [0.1, 0.15) is 33.1 Å². The van der Waals surface area contributed by atoms with Crippen molar-refractivity contribution in [3.05, 3.63) is 0 Å². The van der Waals surface area contributed by atoms with Gasteiger partial charge in [0.1, 0.15) is 0 Å². The Labute approximate surface area is 126 Å². The molecule has 0 aromatic carbocycles. The van der Waals surface area contributed by atoms with Crippen LogP contribution in [0.25, 0.3) is 0 Å². The third kappa shape index (κ3) is 4.70. The Hall–Kier alpha value is -1.63. The first-order valence-electron chi connectivity index (χ1n) is 7.57. The van der Waals surface area contributed by atoms with Crippen molar-refractivity contribution < 1.29 is 4.74 Å². The van der Waals surface area contributed by atoms with Gasteiger partial charge >= 0.3 is 6.01 Å². The van der Waals surface area contributed by atoms with Crippen LogP contribution < -0.4 is 15.8 Å². The average Bonchev–Trinajstić information content (AvgIpc) is 2.46. The number of anilines is 2. The molecule has 0 atom stereocenters. The van der Waals surface area contributed by atoms with Crippen LogP contribution in [0.5, 0.6) is 6.01 Å². The number of nitrogens with two attached hydrogens (primary N) is 1. The van der Waals surface area contributed by atoms with Crippen molar-refractivity contribution >= 4 is 11.9 Å². The Kier molecular flexibility index (Phi) is 5.17. The van der Waals surface area contributed by atoms with Gasteiger partial charge in [0, 0.05) is 6.54 Å². The Morgan fingerprint density at radius 3 is 2.67 bits per heavy atom. The normalized spacial score (nSPS) is 18.4. The minimum Gasteiger partial charge on any atom is -0.463 e. The van der Waals surface area contributed by atoms with Gasteiger partial charge in [0.25, 0.3) is 0 Å². The lowest BCUT2D eigenvalue weighted by atomic mass is 9.80. The third-order valence-corrected chi connectivity index (χ3v) is 3.93. The fourth-order valence-electron chi connectivity index (χ4n) is 2.34. The number of likely N-dealkylation sites (tertiary alicyclic amines) is 1. The van der Waals surface area contributed by atoms with E-state index in [0.717, 1.165) is 38.9 Å². The number of hydrogen-bond donors (Lipinski definition) is 2. The van der Waals surface area contributed by atoms with E-state index in [2.05, 4.69) is 39.1 Å². The molecular formula is C14H26N6O. The largest absolute Gasteiger partial charge is 0.463 e. The first kappa shape index (κ1) is 15.8. The number of nitrogens with one attached hydrogen (secondary N) is 1. The molecule has 3 N–H and O–H groups in total. The molecule has 2 rings (SSSR count). The molecule has 21 heavy (non-hydrogen) atoms. The summed E-state index contributed by atoms with van der Waals surface area (Å²) < 4.78 is 5.42. The minimum absolute atomic E-state index is 0.187. The van der Waals surface area contributed by atoms with Gasteiger partial charge in [-0.3, -0.25) is 0 Å². The minimum atomic E-state index is 0.187. The maximum absolute atomic E-state index is 5.70. The summed E-state index contributed by atoms with van der Waals surface area (Å²) in [4.78, 5) is 14.7. The van der Waals surface area contributed by atoms with Gasteiger partial charge in [-0.05, 0) is 44.8 Å². The molecule has 0 radical (unpaired) electrons. The van der Waals surface area contributed by atoms with Crippen LogP contribution >= 0.6 is 0 Å². The average molecular weight is 294 g/mol. The highest BCUT2D eigenvalue weighted by atomic mass is 16.5. The van der Waals surface area contributed by atoms with Crippen LogP contribution in [0, 0.1) is 5.41 Å². The van der Waals surface area contributed by atoms with Gasteiger partial charge in [0.15, 0.2) is 0 Å². The molecule has 7 heteroatoms.